The number of carbonyl (C=O) groups is 1. The van der Waals surface area contributed by atoms with Gasteiger partial charge in [-0.25, -0.2) is 8.78 Å². The van der Waals surface area contributed by atoms with Crippen LogP contribution >= 0.6 is 0 Å². The van der Waals surface area contributed by atoms with E-state index in [1.165, 1.54) is 12.1 Å². The third-order valence-electron chi connectivity index (χ3n) is 5.73. The van der Waals surface area contributed by atoms with Crippen molar-refractivity contribution in [1.82, 2.24) is 4.90 Å². The molecule has 0 spiro atoms. The van der Waals surface area contributed by atoms with Crippen LogP contribution in [0.15, 0.2) is 30.3 Å². The molecule has 1 amide bonds. The van der Waals surface area contributed by atoms with E-state index < -0.39 is 11.6 Å². The highest BCUT2D eigenvalue weighted by molar-refractivity contribution is 5.97. The minimum Gasteiger partial charge on any atom is -0.311 e. The van der Waals surface area contributed by atoms with Crippen LogP contribution in [0.25, 0.3) is 0 Å². The van der Waals surface area contributed by atoms with E-state index in [9.17, 15) is 13.6 Å². The predicted molar refractivity (Wildman–Crippen MR) is 121 cm³/mol. The number of benzene rings is 2. The Morgan fingerprint density at radius 2 is 1.81 bits per heavy atom. The number of rotatable bonds is 4. The number of anilines is 1. The predicted octanol–water partition coefficient (Wildman–Crippen LogP) is 4.73. The number of aryl methyl sites for hydroxylation is 2. The van der Waals surface area contributed by atoms with Gasteiger partial charge in [-0.1, -0.05) is 24.8 Å². The topological polar surface area (TPSA) is 23.6 Å². The summed E-state index contributed by atoms with van der Waals surface area (Å²) in [4.78, 5) is 16.9. The Hall–Kier alpha value is -2.71. The Bertz CT molecular complexity index is 1010. The number of nitrogens with zero attached hydrogens (tertiary/aromatic N) is 2. The van der Waals surface area contributed by atoms with Gasteiger partial charge in [-0.3, -0.25) is 9.69 Å². The highest BCUT2D eigenvalue weighted by Crippen LogP contribution is 2.34. The van der Waals surface area contributed by atoms with Gasteiger partial charge < -0.3 is 4.90 Å². The number of hydrogen-bond donors (Lipinski definition) is 0. The molecule has 1 saturated heterocycles. The Balaban J connectivity index is 1.86. The molecular weight excluding hydrogens is 394 g/mol. The van der Waals surface area contributed by atoms with Gasteiger partial charge in [-0.05, 0) is 81.6 Å². The summed E-state index contributed by atoms with van der Waals surface area (Å²) in [6.45, 7) is 7.13. The van der Waals surface area contributed by atoms with Crippen LogP contribution in [0.2, 0.25) is 0 Å². The van der Waals surface area contributed by atoms with Crippen LogP contribution < -0.4 is 4.90 Å². The summed E-state index contributed by atoms with van der Waals surface area (Å²) in [6, 6.07) is 7.76. The maximum absolute atomic E-state index is 14.2. The average molecular weight is 425 g/mol. The van der Waals surface area contributed by atoms with Gasteiger partial charge >= 0.3 is 0 Å². The molecule has 0 radical (unpaired) electrons. The number of amides is 1. The molecule has 31 heavy (non-hydrogen) atoms. The Morgan fingerprint density at radius 1 is 1.13 bits per heavy atom. The van der Waals surface area contributed by atoms with Crippen LogP contribution in [-0.4, -0.2) is 38.0 Å². The van der Waals surface area contributed by atoms with Gasteiger partial charge in [0.2, 0.25) is 5.91 Å². The molecule has 2 aromatic rings. The molecule has 2 aromatic carbocycles. The van der Waals surface area contributed by atoms with E-state index in [1.54, 1.807) is 0 Å². The Kier molecular flexibility index (Phi) is 7.12. The molecule has 0 aliphatic carbocycles. The molecule has 0 unspecified atom stereocenters. The van der Waals surface area contributed by atoms with Crippen molar-refractivity contribution < 1.29 is 13.6 Å². The lowest BCUT2D eigenvalue weighted by atomic mass is 9.84. The second-order valence-electron chi connectivity index (χ2n) is 8.89. The van der Waals surface area contributed by atoms with Crippen LogP contribution in [0.5, 0.6) is 0 Å². The number of piperidine rings is 1. The second kappa shape index (κ2) is 9.62. The van der Waals surface area contributed by atoms with Crippen LogP contribution in [0, 0.1) is 49.2 Å². The number of carbonyl (C=O) groups excluding carboxylic acids is 1. The zero-order valence-electron chi connectivity index (χ0n) is 18.9. The smallest absolute Gasteiger partial charge is 0.229 e. The molecule has 5 heteroatoms. The fourth-order valence-corrected chi connectivity index (χ4v) is 4.39. The van der Waals surface area contributed by atoms with Crippen molar-refractivity contribution in [1.29, 1.82) is 0 Å². The largest absolute Gasteiger partial charge is 0.311 e. The highest BCUT2D eigenvalue weighted by atomic mass is 19.1. The summed E-state index contributed by atoms with van der Waals surface area (Å²) in [6.07, 6.45) is 1.17. The van der Waals surface area contributed by atoms with Crippen molar-refractivity contribution in [3.8, 4) is 11.8 Å². The standard InChI is InChI=1S/C26H30F2N2O/c1-17-11-20(7-6-10-29(4)5)12-18(2)25(17)30-16-21(13-19(3)26(30)31)14-22-8-9-23(27)15-24(22)28/h8-9,11-12,15,19,21H,10,13-14,16H2,1-5H3/t19-,21-/m1/s1. The first-order chi connectivity index (χ1) is 14.7. The minimum absolute atomic E-state index is 0.0912. The highest BCUT2D eigenvalue weighted by Gasteiger charge is 2.34. The summed E-state index contributed by atoms with van der Waals surface area (Å²) in [7, 11) is 3.96. The van der Waals surface area contributed by atoms with E-state index in [-0.39, 0.29) is 17.7 Å². The lowest BCUT2D eigenvalue weighted by Gasteiger charge is -2.38. The molecule has 1 heterocycles. The second-order valence-corrected chi connectivity index (χ2v) is 8.89. The molecule has 3 rings (SSSR count). The third-order valence-corrected chi connectivity index (χ3v) is 5.73. The molecule has 0 bridgehead atoms. The lowest BCUT2D eigenvalue weighted by Crippen LogP contribution is -2.46. The van der Waals surface area contributed by atoms with Crippen molar-refractivity contribution in [2.24, 2.45) is 11.8 Å². The molecular formula is C26H30F2N2O. The SMILES string of the molecule is Cc1cc(C#CCN(C)C)cc(C)c1N1C[C@@H](Cc2ccc(F)cc2F)C[C@@H](C)C1=O. The molecule has 164 valence electrons. The monoisotopic (exact) mass is 424 g/mol. The molecule has 0 N–H and O–H groups in total. The van der Waals surface area contributed by atoms with E-state index in [4.69, 9.17) is 0 Å². The van der Waals surface area contributed by atoms with E-state index in [2.05, 4.69) is 11.8 Å². The third kappa shape index (κ3) is 5.51. The van der Waals surface area contributed by atoms with Crippen LogP contribution in [-0.2, 0) is 11.2 Å². The van der Waals surface area contributed by atoms with Crippen molar-refractivity contribution in [2.75, 3.05) is 32.1 Å². The lowest BCUT2D eigenvalue weighted by molar-refractivity contribution is -0.124. The van der Waals surface area contributed by atoms with Crippen LogP contribution in [0.1, 0.15) is 35.6 Å². The van der Waals surface area contributed by atoms with Gasteiger partial charge in [0.1, 0.15) is 11.6 Å². The molecule has 3 nitrogen and oxygen atoms in total. The van der Waals surface area contributed by atoms with Gasteiger partial charge in [-0.2, -0.15) is 0 Å². The van der Waals surface area contributed by atoms with Crippen molar-refractivity contribution in [3.63, 3.8) is 0 Å². The van der Waals surface area contributed by atoms with Crippen molar-refractivity contribution in [2.45, 2.75) is 33.6 Å². The van der Waals surface area contributed by atoms with Gasteiger partial charge in [0, 0.05) is 29.8 Å². The fraction of sp³-hybridized carbons (Fsp3) is 0.423. The van der Waals surface area contributed by atoms with Crippen molar-refractivity contribution in [3.05, 3.63) is 64.2 Å². The molecule has 0 aromatic heterocycles. The quantitative estimate of drug-likeness (QED) is 0.663. The summed E-state index contributed by atoms with van der Waals surface area (Å²) in [5.74, 6) is 5.28. The molecule has 1 aliphatic heterocycles. The first-order valence-electron chi connectivity index (χ1n) is 10.7. The number of halogens is 2. The Morgan fingerprint density at radius 3 is 2.42 bits per heavy atom. The maximum atomic E-state index is 14.2. The van der Waals surface area contributed by atoms with Crippen LogP contribution in [0.3, 0.4) is 0 Å². The summed E-state index contributed by atoms with van der Waals surface area (Å²) < 4.78 is 27.4. The van der Waals surface area contributed by atoms with Crippen LogP contribution in [0.4, 0.5) is 14.5 Å². The summed E-state index contributed by atoms with van der Waals surface area (Å²) in [5.41, 5.74) is 4.35. The molecule has 1 fully saturated rings. The summed E-state index contributed by atoms with van der Waals surface area (Å²) >= 11 is 0. The first kappa shape index (κ1) is 23.0. The van der Waals surface area contributed by atoms with E-state index in [0.29, 0.717) is 31.5 Å². The maximum Gasteiger partial charge on any atom is 0.229 e. The van der Waals surface area contributed by atoms with Gasteiger partial charge in [-0.15, -0.1) is 0 Å². The molecule has 0 saturated carbocycles. The zero-order valence-corrected chi connectivity index (χ0v) is 18.9. The minimum atomic E-state index is -0.574. The number of hydrogen-bond acceptors (Lipinski definition) is 2. The van der Waals surface area contributed by atoms with E-state index >= 15 is 0 Å². The molecule has 1 aliphatic rings. The normalized spacial score (nSPS) is 18.8. The first-order valence-corrected chi connectivity index (χ1v) is 10.7. The fourth-order valence-electron chi connectivity index (χ4n) is 4.39. The molecule has 2 atom stereocenters. The van der Waals surface area contributed by atoms with Gasteiger partial charge in [0.05, 0.1) is 6.54 Å². The van der Waals surface area contributed by atoms with Gasteiger partial charge in [0.25, 0.3) is 0 Å². The zero-order chi connectivity index (χ0) is 22.7. The van der Waals surface area contributed by atoms with Crippen molar-refractivity contribution >= 4 is 11.6 Å². The van der Waals surface area contributed by atoms with Gasteiger partial charge in [0.15, 0.2) is 0 Å². The summed E-state index contributed by atoms with van der Waals surface area (Å²) in [5, 5.41) is 0. The van der Waals surface area contributed by atoms with E-state index in [0.717, 1.165) is 28.4 Å². The average Bonchev–Trinajstić information content (AvgIpc) is 2.67. The van der Waals surface area contributed by atoms with E-state index in [1.807, 2.05) is 56.8 Å². The Labute approximate surface area is 184 Å².